The average Bonchev–Trinajstić information content (AvgIpc) is 2.46. The molecule has 0 radical (unpaired) electrons. The summed E-state index contributed by atoms with van der Waals surface area (Å²) in [7, 11) is 0. The molecular weight excluding hydrogens is 156 g/mol. The van der Waals surface area contributed by atoms with Crippen molar-refractivity contribution in [1.82, 2.24) is 9.36 Å². The highest BCUT2D eigenvalue weighted by molar-refractivity contribution is 7.03. The number of aromatic nitrogens is 2. The van der Waals surface area contributed by atoms with Gasteiger partial charge < -0.3 is 0 Å². The van der Waals surface area contributed by atoms with Crippen LogP contribution in [0.5, 0.6) is 0 Å². The number of halogens is 1. The van der Waals surface area contributed by atoms with Crippen molar-refractivity contribution in [1.29, 1.82) is 0 Å². The lowest BCUT2D eigenvalue weighted by molar-refractivity contribution is 0.904. The van der Waals surface area contributed by atoms with Crippen molar-refractivity contribution in [3.8, 4) is 0 Å². The van der Waals surface area contributed by atoms with Gasteiger partial charge in [-0.2, -0.15) is 4.37 Å². The summed E-state index contributed by atoms with van der Waals surface area (Å²) in [5.41, 5.74) is 1.72. The van der Waals surface area contributed by atoms with Gasteiger partial charge in [0.1, 0.15) is 10.4 Å². The summed E-state index contributed by atoms with van der Waals surface area (Å²) in [6, 6.07) is 0. The lowest BCUT2D eigenvalue weighted by Crippen LogP contribution is -1.97. The molecule has 9 heavy (non-hydrogen) atoms. The van der Waals surface area contributed by atoms with E-state index in [2.05, 4.69) is 9.36 Å². The molecule has 0 N–H and O–H groups in total. The fourth-order valence-electron chi connectivity index (χ4n) is 0.701. The van der Waals surface area contributed by atoms with Crippen LogP contribution in [0.3, 0.4) is 0 Å². The Hall–Kier alpha value is -0.150. The summed E-state index contributed by atoms with van der Waals surface area (Å²) in [5, 5.41) is 0. The first-order chi connectivity index (χ1) is 4.31. The quantitative estimate of drug-likeness (QED) is 0.586. The van der Waals surface area contributed by atoms with E-state index in [9.17, 15) is 0 Å². The Balaban J connectivity index is 2.34. The maximum absolute atomic E-state index is 5.99. The van der Waals surface area contributed by atoms with Gasteiger partial charge in [-0.05, 0) is 24.4 Å². The molecule has 1 fully saturated rings. The Bertz CT molecular complexity index is 205. The van der Waals surface area contributed by atoms with E-state index in [0.29, 0.717) is 0 Å². The third kappa shape index (κ3) is 0.843. The molecule has 1 aliphatic rings. The maximum Gasteiger partial charge on any atom is 0.163 e. The largest absolute Gasteiger partial charge is 0.226 e. The third-order valence-electron chi connectivity index (χ3n) is 1.45. The van der Waals surface area contributed by atoms with Crippen LogP contribution < -0.4 is 0 Å². The van der Waals surface area contributed by atoms with Crippen molar-refractivity contribution < 1.29 is 0 Å². The van der Waals surface area contributed by atoms with Gasteiger partial charge >= 0.3 is 0 Å². The number of hydrogen-bond donors (Lipinski definition) is 0. The summed E-state index contributed by atoms with van der Waals surface area (Å²) in [6.45, 7) is 0. The zero-order valence-electron chi connectivity index (χ0n) is 4.67. The van der Waals surface area contributed by atoms with Crippen LogP contribution in [-0.4, -0.2) is 9.36 Å². The molecule has 0 unspecified atom stereocenters. The molecule has 1 aromatic rings. The predicted molar refractivity (Wildman–Crippen MR) is 36.7 cm³/mol. The number of alkyl halides is 1. The molecule has 1 saturated carbocycles. The number of rotatable bonds is 1. The van der Waals surface area contributed by atoms with Gasteiger partial charge in [-0.15, -0.1) is 11.6 Å². The number of hydrogen-bond acceptors (Lipinski definition) is 3. The van der Waals surface area contributed by atoms with Crippen molar-refractivity contribution in [2.24, 2.45) is 0 Å². The van der Waals surface area contributed by atoms with Gasteiger partial charge in [-0.1, -0.05) is 0 Å². The zero-order valence-corrected chi connectivity index (χ0v) is 6.24. The molecule has 48 valence electrons. The predicted octanol–water partition coefficient (Wildman–Crippen LogP) is 1.77. The molecule has 1 aliphatic carbocycles. The Morgan fingerprint density at radius 2 is 2.44 bits per heavy atom. The van der Waals surface area contributed by atoms with Gasteiger partial charge in [0, 0.05) is 0 Å². The first-order valence-electron chi connectivity index (χ1n) is 2.77. The molecule has 0 atom stereocenters. The molecule has 0 amide bonds. The standard InChI is InChI=1S/C5H5ClN2S/c6-5(1-2-5)4-7-3-9-8-4/h3H,1-2H2. The molecule has 0 aliphatic heterocycles. The molecule has 0 saturated heterocycles. The van der Waals surface area contributed by atoms with Crippen LogP contribution in [0.4, 0.5) is 0 Å². The van der Waals surface area contributed by atoms with Gasteiger partial charge in [0.05, 0.1) is 0 Å². The SMILES string of the molecule is ClC1(c2ncsn2)CC1. The minimum Gasteiger partial charge on any atom is -0.226 e. The smallest absolute Gasteiger partial charge is 0.163 e. The van der Waals surface area contributed by atoms with Crippen LogP contribution in [-0.2, 0) is 4.87 Å². The van der Waals surface area contributed by atoms with E-state index in [-0.39, 0.29) is 4.87 Å². The molecule has 1 heterocycles. The Kier molecular flexibility index (Phi) is 1.04. The fraction of sp³-hybridized carbons (Fsp3) is 0.600. The second-order valence-electron chi connectivity index (χ2n) is 2.22. The lowest BCUT2D eigenvalue weighted by atomic mass is 10.4. The normalized spacial score (nSPS) is 21.9. The zero-order chi connectivity index (χ0) is 6.32. The molecule has 0 aromatic carbocycles. The van der Waals surface area contributed by atoms with Crippen LogP contribution in [0.1, 0.15) is 18.7 Å². The van der Waals surface area contributed by atoms with Gasteiger partial charge in [0.15, 0.2) is 5.82 Å². The molecule has 1 aromatic heterocycles. The van der Waals surface area contributed by atoms with Crippen LogP contribution in [0.2, 0.25) is 0 Å². The molecule has 0 spiro atoms. The highest BCUT2D eigenvalue weighted by Crippen LogP contribution is 2.50. The van der Waals surface area contributed by atoms with E-state index in [4.69, 9.17) is 11.6 Å². The van der Waals surface area contributed by atoms with E-state index in [1.54, 1.807) is 5.51 Å². The lowest BCUT2D eigenvalue weighted by Gasteiger charge is -1.94. The highest BCUT2D eigenvalue weighted by Gasteiger charge is 2.45. The van der Waals surface area contributed by atoms with Crippen LogP contribution >= 0.6 is 23.1 Å². The molecule has 0 bridgehead atoms. The first-order valence-corrected chi connectivity index (χ1v) is 3.98. The van der Waals surface area contributed by atoms with E-state index < -0.39 is 0 Å². The molecule has 2 nitrogen and oxygen atoms in total. The van der Waals surface area contributed by atoms with Crippen LogP contribution in [0.15, 0.2) is 5.51 Å². The molecule has 4 heteroatoms. The Morgan fingerprint density at radius 3 is 2.89 bits per heavy atom. The van der Waals surface area contributed by atoms with Crippen molar-refractivity contribution in [2.75, 3.05) is 0 Å². The van der Waals surface area contributed by atoms with Crippen molar-refractivity contribution >= 4 is 23.1 Å². The van der Waals surface area contributed by atoms with Crippen molar-refractivity contribution in [2.45, 2.75) is 17.7 Å². The monoisotopic (exact) mass is 160 g/mol. The fourth-order valence-corrected chi connectivity index (χ4v) is 1.45. The highest BCUT2D eigenvalue weighted by atomic mass is 35.5. The van der Waals surface area contributed by atoms with Gasteiger partial charge in [0.2, 0.25) is 0 Å². The summed E-state index contributed by atoms with van der Waals surface area (Å²) in [4.78, 5) is 3.86. The van der Waals surface area contributed by atoms with Gasteiger partial charge in [-0.25, -0.2) is 4.98 Å². The van der Waals surface area contributed by atoms with E-state index >= 15 is 0 Å². The summed E-state index contributed by atoms with van der Waals surface area (Å²) in [5.74, 6) is 0.814. The van der Waals surface area contributed by atoms with E-state index in [0.717, 1.165) is 18.7 Å². The van der Waals surface area contributed by atoms with Gasteiger partial charge in [0.25, 0.3) is 0 Å². The molecular formula is C5H5ClN2S. The first kappa shape index (κ1) is 5.62. The number of nitrogens with zero attached hydrogens (tertiary/aromatic N) is 2. The minimum atomic E-state index is -0.167. The van der Waals surface area contributed by atoms with E-state index in [1.165, 1.54) is 11.5 Å². The Labute approximate surface area is 62.0 Å². The second-order valence-corrected chi connectivity index (χ2v) is 3.55. The topological polar surface area (TPSA) is 25.8 Å². The van der Waals surface area contributed by atoms with Gasteiger partial charge in [-0.3, -0.25) is 0 Å². The van der Waals surface area contributed by atoms with Crippen LogP contribution in [0, 0.1) is 0 Å². The molecule has 2 rings (SSSR count). The second kappa shape index (κ2) is 1.67. The van der Waals surface area contributed by atoms with Crippen molar-refractivity contribution in [3.63, 3.8) is 0 Å². The third-order valence-corrected chi connectivity index (χ3v) is 2.48. The van der Waals surface area contributed by atoms with Crippen LogP contribution in [0.25, 0.3) is 0 Å². The summed E-state index contributed by atoms with van der Waals surface area (Å²) in [6.07, 6.45) is 2.07. The summed E-state index contributed by atoms with van der Waals surface area (Å²) < 4.78 is 4.05. The maximum atomic E-state index is 5.99. The summed E-state index contributed by atoms with van der Waals surface area (Å²) >= 11 is 7.35. The van der Waals surface area contributed by atoms with E-state index in [1.807, 2.05) is 0 Å². The van der Waals surface area contributed by atoms with Crippen molar-refractivity contribution in [3.05, 3.63) is 11.3 Å². The minimum absolute atomic E-state index is 0.167. The Morgan fingerprint density at radius 1 is 1.67 bits per heavy atom. The average molecular weight is 161 g/mol.